The van der Waals surface area contributed by atoms with E-state index in [1.807, 2.05) is 24.3 Å². The molecule has 1 heterocycles. The van der Waals surface area contributed by atoms with Crippen molar-refractivity contribution >= 4 is 22.8 Å². The first-order valence-corrected chi connectivity index (χ1v) is 7.61. The van der Waals surface area contributed by atoms with E-state index < -0.39 is 5.97 Å². The van der Waals surface area contributed by atoms with Crippen LogP contribution in [0.4, 0.5) is 0 Å². The van der Waals surface area contributed by atoms with Gasteiger partial charge in [-0.25, -0.2) is 0 Å². The Labute approximate surface area is 128 Å². The maximum atomic E-state index is 12.1. The monoisotopic (exact) mass is 303 g/mol. The first-order chi connectivity index (χ1) is 10.7. The van der Waals surface area contributed by atoms with Crippen LogP contribution in [0.15, 0.2) is 24.3 Å². The molecule has 0 radical (unpaired) electrons. The van der Waals surface area contributed by atoms with Crippen molar-refractivity contribution in [1.82, 2.24) is 15.5 Å². The van der Waals surface area contributed by atoms with Crippen LogP contribution in [-0.2, 0) is 4.79 Å². The molecule has 1 aromatic heterocycles. The Bertz CT molecular complexity index is 636. The van der Waals surface area contributed by atoms with Gasteiger partial charge < -0.3 is 10.4 Å². The number of benzene rings is 1. The fourth-order valence-corrected chi connectivity index (χ4v) is 2.35. The number of nitrogens with one attached hydrogen (secondary N) is 2. The number of para-hydroxylation sites is 1. The molecule has 3 N–H and O–H groups in total. The van der Waals surface area contributed by atoms with Gasteiger partial charge in [-0.1, -0.05) is 37.5 Å². The molecule has 0 aliphatic rings. The second kappa shape index (κ2) is 8.17. The zero-order valence-corrected chi connectivity index (χ0v) is 12.5. The molecule has 1 aromatic carbocycles. The normalized spacial score (nSPS) is 10.7. The van der Waals surface area contributed by atoms with Gasteiger partial charge in [-0.05, 0) is 18.9 Å². The number of rotatable bonds is 9. The molecule has 0 aliphatic heterocycles. The maximum Gasteiger partial charge on any atom is 0.303 e. The summed E-state index contributed by atoms with van der Waals surface area (Å²) in [5.41, 5.74) is 1.28. The summed E-state index contributed by atoms with van der Waals surface area (Å²) in [4.78, 5) is 22.4. The highest BCUT2D eigenvalue weighted by atomic mass is 16.4. The smallest absolute Gasteiger partial charge is 0.303 e. The molecule has 0 bridgehead atoms. The predicted octanol–water partition coefficient (Wildman–Crippen LogP) is 2.72. The van der Waals surface area contributed by atoms with E-state index in [-0.39, 0.29) is 12.3 Å². The molecule has 0 atom stereocenters. The Hall–Kier alpha value is -2.37. The molecule has 118 valence electrons. The van der Waals surface area contributed by atoms with E-state index in [1.54, 1.807) is 0 Å². The number of aromatic amines is 1. The molecule has 2 rings (SSSR count). The van der Waals surface area contributed by atoms with E-state index in [0.29, 0.717) is 12.2 Å². The van der Waals surface area contributed by atoms with Gasteiger partial charge in [0, 0.05) is 18.4 Å². The van der Waals surface area contributed by atoms with Crippen molar-refractivity contribution in [3.8, 4) is 0 Å². The average molecular weight is 303 g/mol. The number of carbonyl (C=O) groups is 2. The highest BCUT2D eigenvalue weighted by Gasteiger charge is 2.12. The van der Waals surface area contributed by atoms with Crippen molar-refractivity contribution in [3.05, 3.63) is 30.0 Å². The first kappa shape index (κ1) is 16.0. The Morgan fingerprint density at radius 3 is 2.64 bits per heavy atom. The number of fused-ring (bicyclic) bond motifs is 1. The summed E-state index contributed by atoms with van der Waals surface area (Å²) >= 11 is 0. The minimum Gasteiger partial charge on any atom is -0.481 e. The van der Waals surface area contributed by atoms with Gasteiger partial charge >= 0.3 is 5.97 Å². The van der Waals surface area contributed by atoms with E-state index in [2.05, 4.69) is 15.5 Å². The van der Waals surface area contributed by atoms with Gasteiger partial charge in [0.1, 0.15) is 0 Å². The van der Waals surface area contributed by atoms with Crippen molar-refractivity contribution in [1.29, 1.82) is 0 Å². The Morgan fingerprint density at radius 1 is 1.09 bits per heavy atom. The lowest BCUT2D eigenvalue weighted by Gasteiger charge is -2.03. The fourth-order valence-electron chi connectivity index (χ4n) is 2.35. The number of nitrogens with zero attached hydrogens (tertiary/aromatic N) is 1. The lowest BCUT2D eigenvalue weighted by Crippen LogP contribution is -2.24. The van der Waals surface area contributed by atoms with Gasteiger partial charge in [0.15, 0.2) is 5.69 Å². The number of H-pyrrole nitrogens is 1. The summed E-state index contributed by atoms with van der Waals surface area (Å²) in [7, 11) is 0. The maximum absolute atomic E-state index is 12.1. The quantitative estimate of drug-likeness (QED) is 0.621. The molecule has 0 spiro atoms. The average Bonchev–Trinajstić information content (AvgIpc) is 2.93. The number of hydrogen-bond acceptors (Lipinski definition) is 3. The van der Waals surface area contributed by atoms with Gasteiger partial charge in [-0.15, -0.1) is 0 Å². The minimum absolute atomic E-state index is 0.164. The van der Waals surface area contributed by atoms with E-state index >= 15 is 0 Å². The minimum atomic E-state index is -0.738. The van der Waals surface area contributed by atoms with Crippen molar-refractivity contribution < 1.29 is 14.7 Å². The number of aromatic nitrogens is 2. The van der Waals surface area contributed by atoms with Gasteiger partial charge in [0.25, 0.3) is 5.91 Å². The van der Waals surface area contributed by atoms with Crippen molar-refractivity contribution in [2.45, 2.75) is 38.5 Å². The van der Waals surface area contributed by atoms with Crippen LogP contribution in [-0.4, -0.2) is 33.7 Å². The highest BCUT2D eigenvalue weighted by molar-refractivity contribution is 6.04. The SMILES string of the molecule is O=C(O)CCCCCCCNC(=O)c1n[nH]c2ccccc12. The summed E-state index contributed by atoms with van der Waals surface area (Å²) in [5, 5.41) is 19.1. The number of carbonyl (C=O) groups excluding carboxylic acids is 1. The summed E-state index contributed by atoms with van der Waals surface area (Å²) < 4.78 is 0. The zero-order chi connectivity index (χ0) is 15.8. The summed E-state index contributed by atoms with van der Waals surface area (Å²) in [6, 6.07) is 7.53. The van der Waals surface area contributed by atoms with Crippen LogP contribution in [0.1, 0.15) is 49.0 Å². The third-order valence-electron chi connectivity index (χ3n) is 3.54. The molecule has 0 unspecified atom stereocenters. The van der Waals surface area contributed by atoms with Crippen LogP contribution in [0.25, 0.3) is 10.9 Å². The second-order valence-corrected chi connectivity index (χ2v) is 5.29. The summed E-state index contributed by atoms with van der Waals surface area (Å²) in [5.74, 6) is -0.901. The van der Waals surface area contributed by atoms with E-state index in [9.17, 15) is 9.59 Å². The van der Waals surface area contributed by atoms with Crippen LogP contribution in [0.2, 0.25) is 0 Å². The largest absolute Gasteiger partial charge is 0.481 e. The van der Waals surface area contributed by atoms with Crippen molar-refractivity contribution in [2.24, 2.45) is 0 Å². The number of unbranched alkanes of at least 4 members (excludes halogenated alkanes) is 4. The molecule has 2 aromatic rings. The van der Waals surface area contributed by atoms with Crippen LogP contribution >= 0.6 is 0 Å². The van der Waals surface area contributed by atoms with E-state index in [0.717, 1.165) is 43.0 Å². The van der Waals surface area contributed by atoms with E-state index in [1.165, 1.54) is 0 Å². The van der Waals surface area contributed by atoms with Crippen LogP contribution < -0.4 is 5.32 Å². The topological polar surface area (TPSA) is 95.1 Å². The van der Waals surface area contributed by atoms with Gasteiger partial charge in [-0.2, -0.15) is 5.10 Å². The number of hydrogen-bond donors (Lipinski definition) is 3. The third kappa shape index (κ3) is 4.58. The highest BCUT2D eigenvalue weighted by Crippen LogP contribution is 2.14. The Morgan fingerprint density at radius 2 is 1.82 bits per heavy atom. The molecule has 22 heavy (non-hydrogen) atoms. The molecule has 0 saturated heterocycles. The van der Waals surface area contributed by atoms with Gasteiger partial charge in [0.2, 0.25) is 0 Å². The summed E-state index contributed by atoms with van der Waals surface area (Å²) in [6.45, 7) is 0.610. The molecule has 0 saturated carbocycles. The Kier molecular flexibility index (Phi) is 5.94. The molecule has 1 amide bonds. The molecule has 6 heteroatoms. The zero-order valence-electron chi connectivity index (χ0n) is 12.5. The fraction of sp³-hybridized carbons (Fsp3) is 0.438. The molecule has 0 fully saturated rings. The second-order valence-electron chi connectivity index (χ2n) is 5.29. The standard InChI is InChI=1S/C16H21N3O3/c20-14(21)10-4-2-1-3-7-11-17-16(22)15-12-8-5-6-9-13(12)18-19-15/h5-6,8-9H,1-4,7,10-11H2,(H,17,22)(H,18,19)(H,20,21). The van der Waals surface area contributed by atoms with Gasteiger partial charge in [0.05, 0.1) is 5.52 Å². The lowest BCUT2D eigenvalue weighted by molar-refractivity contribution is -0.137. The van der Waals surface area contributed by atoms with Crippen molar-refractivity contribution in [3.63, 3.8) is 0 Å². The predicted molar refractivity (Wildman–Crippen MR) is 83.8 cm³/mol. The van der Waals surface area contributed by atoms with Crippen LogP contribution in [0, 0.1) is 0 Å². The number of aliphatic carboxylic acids is 1. The molecular formula is C16H21N3O3. The Balaban J connectivity index is 1.65. The molecule has 0 aliphatic carbocycles. The molecular weight excluding hydrogens is 282 g/mol. The summed E-state index contributed by atoms with van der Waals surface area (Å²) in [6.07, 6.45) is 4.75. The van der Waals surface area contributed by atoms with Crippen LogP contribution in [0.3, 0.4) is 0 Å². The van der Waals surface area contributed by atoms with E-state index in [4.69, 9.17) is 5.11 Å². The molecule has 6 nitrogen and oxygen atoms in total. The number of carboxylic acids is 1. The van der Waals surface area contributed by atoms with Crippen LogP contribution in [0.5, 0.6) is 0 Å². The van der Waals surface area contributed by atoms with Crippen molar-refractivity contribution in [2.75, 3.05) is 6.54 Å². The first-order valence-electron chi connectivity index (χ1n) is 7.61. The number of carboxylic acid groups (broad SMARTS) is 1. The number of amides is 1. The third-order valence-corrected chi connectivity index (χ3v) is 3.54. The van der Waals surface area contributed by atoms with Gasteiger partial charge in [-0.3, -0.25) is 14.7 Å². The lowest BCUT2D eigenvalue weighted by atomic mass is 10.1.